The van der Waals surface area contributed by atoms with Crippen molar-refractivity contribution in [3.63, 3.8) is 0 Å². The Morgan fingerprint density at radius 3 is 2.92 bits per heavy atom. The van der Waals surface area contributed by atoms with Gasteiger partial charge in [0.2, 0.25) is 5.88 Å². The van der Waals surface area contributed by atoms with E-state index in [4.69, 9.17) is 9.94 Å². The number of hydrogen-bond acceptors (Lipinski definition) is 5. The number of benzene rings is 1. The second-order valence-electron chi connectivity index (χ2n) is 6.43. The molecular formula is C19H23N3O3. The van der Waals surface area contributed by atoms with Crippen molar-refractivity contribution >= 4 is 5.91 Å². The molecule has 1 unspecified atom stereocenters. The van der Waals surface area contributed by atoms with Crippen molar-refractivity contribution in [3.8, 4) is 5.88 Å². The van der Waals surface area contributed by atoms with Crippen molar-refractivity contribution in [2.45, 2.75) is 39.5 Å². The van der Waals surface area contributed by atoms with Gasteiger partial charge in [0.15, 0.2) is 0 Å². The smallest absolute Gasteiger partial charge is 0.274 e. The zero-order chi connectivity index (χ0) is 17.8. The maximum absolute atomic E-state index is 11.6. The van der Waals surface area contributed by atoms with E-state index in [9.17, 15) is 4.79 Å². The summed E-state index contributed by atoms with van der Waals surface area (Å²) in [6, 6.07) is 7.45. The van der Waals surface area contributed by atoms with E-state index < -0.39 is 5.91 Å². The highest BCUT2D eigenvalue weighted by Crippen LogP contribution is 2.28. The maximum atomic E-state index is 11.6. The number of aromatic nitrogens is 2. The first-order chi connectivity index (χ1) is 12.1. The van der Waals surface area contributed by atoms with Crippen LogP contribution in [-0.2, 0) is 19.3 Å². The van der Waals surface area contributed by atoms with Gasteiger partial charge in [-0.15, -0.1) is 0 Å². The summed E-state index contributed by atoms with van der Waals surface area (Å²) >= 11 is 0. The van der Waals surface area contributed by atoms with Crippen molar-refractivity contribution in [1.82, 2.24) is 15.4 Å². The van der Waals surface area contributed by atoms with Crippen molar-refractivity contribution < 1.29 is 14.7 Å². The van der Waals surface area contributed by atoms with E-state index in [1.54, 1.807) is 11.5 Å². The lowest BCUT2D eigenvalue weighted by Gasteiger charge is -2.24. The monoisotopic (exact) mass is 341 g/mol. The van der Waals surface area contributed by atoms with E-state index >= 15 is 0 Å². The summed E-state index contributed by atoms with van der Waals surface area (Å²) in [4.78, 5) is 20.7. The normalized spacial score (nSPS) is 16.2. The van der Waals surface area contributed by atoms with Crippen LogP contribution in [-0.4, -0.2) is 27.7 Å². The summed E-state index contributed by atoms with van der Waals surface area (Å²) in [6.45, 7) is 4.47. The number of nitrogens with one attached hydrogen (secondary N) is 1. The molecular weight excluding hydrogens is 318 g/mol. The van der Waals surface area contributed by atoms with E-state index in [1.807, 2.05) is 32.0 Å². The fourth-order valence-corrected chi connectivity index (χ4v) is 3.38. The van der Waals surface area contributed by atoms with Crippen LogP contribution in [0, 0.1) is 12.8 Å². The van der Waals surface area contributed by atoms with Crippen LogP contribution in [0.5, 0.6) is 5.88 Å². The lowest BCUT2D eigenvalue weighted by Crippen LogP contribution is -2.21. The van der Waals surface area contributed by atoms with Gasteiger partial charge >= 0.3 is 0 Å². The number of hydrogen-bond donors (Lipinski definition) is 2. The molecule has 6 heteroatoms. The third-order valence-corrected chi connectivity index (χ3v) is 4.54. The highest BCUT2D eigenvalue weighted by atomic mass is 16.5. The van der Waals surface area contributed by atoms with Gasteiger partial charge in [0.1, 0.15) is 5.82 Å². The van der Waals surface area contributed by atoms with Crippen LogP contribution in [0.25, 0.3) is 0 Å². The summed E-state index contributed by atoms with van der Waals surface area (Å²) in [7, 11) is 0. The summed E-state index contributed by atoms with van der Waals surface area (Å²) in [5.41, 5.74) is 5.51. The number of ether oxygens (including phenoxy) is 1. The largest absolute Gasteiger partial charge is 0.478 e. The minimum absolute atomic E-state index is 0.427. The molecule has 1 aliphatic rings. The molecule has 0 aliphatic heterocycles. The Kier molecular flexibility index (Phi) is 5.28. The first kappa shape index (κ1) is 17.4. The fraction of sp³-hybridized carbons (Fsp3) is 0.421. The molecule has 0 fully saturated rings. The van der Waals surface area contributed by atoms with Gasteiger partial charge in [-0.3, -0.25) is 10.0 Å². The van der Waals surface area contributed by atoms with Gasteiger partial charge in [-0.05, 0) is 62.3 Å². The molecule has 1 aromatic heterocycles. The van der Waals surface area contributed by atoms with Crippen LogP contribution in [0.15, 0.2) is 24.3 Å². The van der Waals surface area contributed by atoms with Gasteiger partial charge in [-0.2, -0.15) is 4.98 Å². The molecule has 1 aromatic carbocycles. The molecule has 0 bridgehead atoms. The Morgan fingerprint density at radius 1 is 1.32 bits per heavy atom. The molecule has 1 aliphatic carbocycles. The van der Waals surface area contributed by atoms with E-state index in [0.29, 0.717) is 24.0 Å². The number of hydroxylamine groups is 1. The second kappa shape index (κ2) is 7.61. The molecule has 1 atom stereocenters. The van der Waals surface area contributed by atoms with Gasteiger partial charge in [0.25, 0.3) is 5.91 Å². The van der Waals surface area contributed by atoms with Crippen molar-refractivity contribution in [1.29, 1.82) is 0 Å². The standard InChI is InChI=1S/C19H23N3O3/c1-3-25-18-8-12(2)20-17(21-18)10-13-4-5-14-6-7-15(19(23)22-24)11-16(14)9-13/h6-8,11,13,24H,3-5,9-10H2,1-2H3,(H,22,23). The van der Waals surface area contributed by atoms with Crippen LogP contribution in [0.1, 0.15) is 46.3 Å². The molecule has 3 rings (SSSR count). The SMILES string of the molecule is CCOc1cc(C)nc(CC2CCc3ccc(C(=O)NO)cc3C2)n1. The topological polar surface area (TPSA) is 84.3 Å². The zero-order valence-corrected chi connectivity index (χ0v) is 14.6. The van der Waals surface area contributed by atoms with Gasteiger partial charge in [-0.25, -0.2) is 10.5 Å². The van der Waals surface area contributed by atoms with Crippen LogP contribution in [0.3, 0.4) is 0 Å². The highest BCUT2D eigenvalue weighted by molar-refractivity contribution is 5.93. The van der Waals surface area contributed by atoms with Gasteiger partial charge in [0.05, 0.1) is 6.61 Å². The highest BCUT2D eigenvalue weighted by Gasteiger charge is 2.21. The molecule has 6 nitrogen and oxygen atoms in total. The third-order valence-electron chi connectivity index (χ3n) is 4.54. The molecule has 0 spiro atoms. The van der Waals surface area contributed by atoms with Crippen molar-refractivity contribution in [2.24, 2.45) is 5.92 Å². The van der Waals surface area contributed by atoms with Crippen LogP contribution >= 0.6 is 0 Å². The van der Waals surface area contributed by atoms with Crippen LogP contribution < -0.4 is 10.2 Å². The predicted octanol–water partition coefficient (Wildman–Crippen LogP) is 2.65. The minimum Gasteiger partial charge on any atom is -0.478 e. The first-order valence-corrected chi connectivity index (χ1v) is 8.62. The Bertz CT molecular complexity index is 777. The Labute approximate surface area is 147 Å². The summed E-state index contributed by atoms with van der Waals surface area (Å²) in [6.07, 6.45) is 3.71. The molecule has 25 heavy (non-hydrogen) atoms. The summed E-state index contributed by atoms with van der Waals surface area (Å²) in [5.74, 6) is 1.38. The number of amides is 1. The van der Waals surface area contributed by atoms with Crippen LogP contribution in [0.2, 0.25) is 0 Å². The van der Waals surface area contributed by atoms with Crippen molar-refractivity contribution in [3.05, 3.63) is 52.5 Å². The number of carbonyl (C=O) groups is 1. The number of rotatable bonds is 5. The third kappa shape index (κ3) is 4.14. The van der Waals surface area contributed by atoms with E-state index in [-0.39, 0.29) is 0 Å². The minimum atomic E-state index is -0.478. The van der Waals surface area contributed by atoms with Crippen LogP contribution in [0.4, 0.5) is 0 Å². The first-order valence-electron chi connectivity index (χ1n) is 8.62. The van der Waals surface area contributed by atoms with Gasteiger partial charge < -0.3 is 4.74 Å². The molecule has 1 heterocycles. The molecule has 2 N–H and O–H groups in total. The molecule has 0 radical (unpaired) electrons. The number of carbonyl (C=O) groups excluding carboxylic acids is 1. The maximum Gasteiger partial charge on any atom is 0.274 e. The molecule has 1 amide bonds. The van der Waals surface area contributed by atoms with Gasteiger partial charge in [0, 0.05) is 23.7 Å². The van der Waals surface area contributed by atoms with E-state index in [2.05, 4.69) is 9.97 Å². The summed E-state index contributed by atoms with van der Waals surface area (Å²) in [5, 5.41) is 8.81. The average Bonchev–Trinajstić information content (AvgIpc) is 2.60. The fourth-order valence-electron chi connectivity index (χ4n) is 3.38. The number of aryl methyl sites for hydroxylation is 2. The number of nitrogens with zero attached hydrogens (tertiary/aromatic N) is 2. The van der Waals surface area contributed by atoms with Gasteiger partial charge in [-0.1, -0.05) is 6.07 Å². The molecule has 0 saturated carbocycles. The quantitative estimate of drug-likeness (QED) is 0.645. The van der Waals surface area contributed by atoms with E-state index in [0.717, 1.165) is 42.8 Å². The Hall–Kier alpha value is -2.47. The zero-order valence-electron chi connectivity index (χ0n) is 14.6. The second-order valence-corrected chi connectivity index (χ2v) is 6.43. The predicted molar refractivity (Wildman–Crippen MR) is 92.9 cm³/mol. The summed E-state index contributed by atoms with van der Waals surface area (Å²) < 4.78 is 5.51. The number of fused-ring (bicyclic) bond motifs is 1. The Balaban J connectivity index is 1.75. The lowest BCUT2D eigenvalue weighted by molar-refractivity contribution is 0.0706. The molecule has 2 aromatic rings. The van der Waals surface area contributed by atoms with Crippen molar-refractivity contribution in [2.75, 3.05) is 6.61 Å². The molecule has 0 saturated heterocycles. The molecule has 132 valence electrons. The van der Waals surface area contributed by atoms with E-state index in [1.165, 1.54) is 5.56 Å². The lowest BCUT2D eigenvalue weighted by atomic mass is 9.81. The Morgan fingerprint density at radius 2 is 2.16 bits per heavy atom. The average molecular weight is 341 g/mol.